The number of piperazine rings is 1. The van der Waals surface area contributed by atoms with Gasteiger partial charge < -0.3 is 10.2 Å². The second kappa shape index (κ2) is 5.20. The standard InChI is InChI=1S/C15H17N3O3/c1-9-14(20)17-13(19)8-18(9)15(21)11-6-7-16-12-5-3-2-4-10(11)12/h2-5,9,11,16H,6-8H2,1H3,(H,17,19,20). The van der Waals surface area contributed by atoms with Gasteiger partial charge in [0.25, 0.3) is 0 Å². The molecule has 2 aliphatic heterocycles. The van der Waals surface area contributed by atoms with E-state index in [2.05, 4.69) is 10.6 Å². The van der Waals surface area contributed by atoms with Gasteiger partial charge in [-0.3, -0.25) is 19.7 Å². The van der Waals surface area contributed by atoms with E-state index < -0.39 is 17.9 Å². The number of nitrogens with zero attached hydrogens (tertiary/aromatic N) is 1. The lowest BCUT2D eigenvalue weighted by Crippen LogP contribution is -2.59. The molecule has 6 heteroatoms. The zero-order valence-electron chi connectivity index (χ0n) is 11.8. The summed E-state index contributed by atoms with van der Waals surface area (Å²) in [5.41, 5.74) is 1.88. The Balaban J connectivity index is 1.89. The molecule has 1 fully saturated rings. The molecular weight excluding hydrogens is 270 g/mol. The zero-order chi connectivity index (χ0) is 15.0. The Morgan fingerprint density at radius 2 is 2.05 bits per heavy atom. The van der Waals surface area contributed by atoms with Crippen LogP contribution >= 0.6 is 0 Å². The molecule has 3 rings (SSSR count). The molecule has 0 radical (unpaired) electrons. The van der Waals surface area contributed by atoms with Crippen molar-refractivity contribution < 1.29 is 14.4 Å². The van der Waals surface area contributed by atoms with Crippen LogP contribution in [0.2, 0.25) is 0 Å². The van der Waals surface area contributed by atoms with Gasteiger partial charge >= 0.3 is 0 Å². The van der Waals surface area contributed by atoms with Crippen molar-refractivity contribution in [2.75, 3.05) is 18.4 Å². The normalized spacial score (nSPS) is 24.9. The molecule has 2 unspecified atom stereocenters. The quantitative estimate of drug-likeness (QED) is 0.736. The van der Waals surface area contributed by atoms with Crippen LogP contribution in [0.5, 0.6) is 0 Å². The molecule has 1 aromatic rings. The number of anilines is 1. The SMILES string of the molecule is CC1C(=O)NC(=O)CN1C(=O)C1CCNc2ccccc21. The van der Waals surface area contributed by atoms with Crippen molar-refractivity contribution in [3.8, 4) is 0 Å². The lowest BCUT2D eigenvalue weighted by molar-refractivity contribution is -0.150. The van der Waals surface area contributed by atoms with E-state index >= 15 is 0 Å². The minimum Gasteiger partial charge on any atom is -0.385 e. The number of amides is 3. The molecule has 0 aromatic heterocycles. The highest BCUT2D eigenvalue weighted by atomic mass is 16.2. The summed E-state index contributed by atoms with van der Waals surface area (Å²) in [6.07, 6.45) is 0.662. The highest BCUT2D eigenvalue weighted by Crippen LogP contribution is 2.33. The summed E-state index contributed by atoms with van der Waals surface area (Å²) >= 11 is 0. The van der Waals surface area contributed by atoms with Crippen LogP contribution in [0.15, 0.2) is 24.3 Å². The Bertz CT molecular complexity index is 614. The van der Waals surface area contributed by atoms with Crippen LogP contribution in [-0.4, -0.2) is 41.8 Å². The van der Waals surface area contributed by atoms with Crippen LogP contribution < -0.4 is 10.6 Å². The molecule has 1 saturated heterocycles. The number of carbonyl (C=O) groups is 3. The third-order valence-corrected chi connectivity index (χ3v) is 4.09. The van der Waals surface area contributed by atoms with Gasteiger partial charge in [0, 0.05) is 12.2 Å². The van der Waals surface area contributed by atoms with Crippen LogP contribution in [-0.2, 0) is 14.4 Å². The largest absolute Gasteiger partial charge is 0.385 e. The molecular formula is C15H17N3O3. The summed E-state index contributed by atoms with van der Waals surface area (Å²) in [6, 6.07) is 7.05. The summed E-state index contributed by atoms with van der Waals surface area (Å²) in [5, 5.41) is 5.51. The molecule has 1 aromatic carbocycles. The van der Waals surface area contributed by atoms with Gasteiger partial charge in [-0.2, -0.15) is 0 Å². The number of benzene rings is 1. The fourth-order valence-corrected chi connectivity index (χ4v) is 2.91. The first-order chi connectivity index (χ1) is 10.1. The molecule has 21 heavy (non-hydrogen) atoms. The minimum atomic E-state index is -0.614. The maximum absolute atomic E-state index is 12.8. The summed E-state index contributed by atoms with van der Waals surface area (Å²) in [5.74, 6) is -1.29. The fourth-order valence-electron chi connectivity index (χ4n) is 2.91. The van der Waals surface area contributed by atoms with Crippen molar-refractivity contribution in [2.45, 2.75) is 25.3 Å². The van der Waals surface area contributed by atoms with Crippen molar-refractivity contribution in [1.29, 1.82) is 0 Å². The van der Waals surface area contributed by atoms with E-state index in [0.29, 0.717) is 13.0 Å². The van der Waals surface area contributed by atoms with Crippen molar-refractivity contribution in [1.82, 2.24) is 10.2 Å². The first-order valence-corrected chi connectivity index (χ1v) is 7.05. The number of hydrogen-bond donors (Lipinski definition) is 2. The molecule has 2 atom stereocenters. The Morgan fingerprint density at radius 1 is 1.29 bits per heavy atom. The minimum absolute atomic E-state index is 0.0577. The van der Waals surface area contributed by atoms with Gasteiger partial charge in [-0.05, 0) is 25.0 Å². The first-order valence-electron chi connectivity index (χ1n) is 7.05. The number of fused-ring (bicyclic) bond motifs is 1. The smallest absolute Gasteiger partial charge is 0.249 e. The number of rotatable bonds is 1. The van der Waals surface area contributed by atoms with Gasteiger partial charge in [0.2, 0.25) is 17.7 Å². The number of para-hydroxylation sites is 1. The highest BCUT2D eigenvalue weighted by Gasteiger charge is 2.38. The molecule has 0 bridgehead atoms. The van der Waals surface area contributed by atoms with Gasteiger partial charge in [0.15, 0.2) is 0 Å². The molecule has 2 N–H and O–H groups in total. The zero-order valence-corrected chi connectivity index (χ0v) is 11.8. The van der Waals surface area contributed by atoms with Gasteiger partial charge in [-0.15, -0.1) is 0 Å². The van der Waals surface area contributed by atoms with Crippen molar-refractivity contribution in [2.24, 2.45) is 0 Å². The first kappa shape index (κ1) is 13.6. The summed E-state index contributed by atoms with van der Waals surface area (Å²) in [4.78, 5) is 37.4. The molecule has 2 aliphatic rings. The average molecular weight is 287 g/mol. The Labute approximate surface area is 122 Å². The topological polar surface area (TPSA) is 78.5 Å². The van der Waals surface area contributed by atoms with E-state index in [1.54, 1.807) is 6.92 Å². The summed E-state index contributed by atoms with van der Waals surface area (Å²) in [7, 11) is 0. The maximum Gasteiger partial charge on any atom is 0.249 e. The second-order valence-electron chi connectivity index (χ2n) is 5.41. The van der Waals surface area contributed by atoms with Crippen LogP contribution in [0.4, 0.5) is 5.69 Å². The predicted octanol–water partition coefficient (Wildman–Crippen LogP) is 0.459. The Kier molecular flexibility index (Phi) is 3.37. The number of carbonyl (C=O) groups excluding carboxylic acids is 3. The molecule has 0 spiro atoms. The van der Waals surface area contributed by atoms with Crippen LogP contribution in [0.3, 0.4) is 0 Å². The van der Waals surface area contributed by atoms with E-state index in [-0.39, 0.29) is 18.4 Å². The lowest BCUT2D eigenvalue weighted by Gasteiger charge is -2.36. The average Bonchev–Trinajstić information content (AvgIpc) is 2.49. The van der Waals surface area contributed by atoms with E-state index in [1.165, 1.54) is 4.90 Å². The van der Waals surface area contributed by atoms with Gasteiger partial charge in [0.05, 0.1) is 5.92 Å². The van der Waals surface area contributed by atoms with Gasteiger partial charge in [-0.25, -0.2) is 0 Å². The lowest BCUT2D eigenvalue weighted by atomic mass is 9.89. The highest BCUT2D eigenvalue weighted by molar-refractivity contribution is 6.05. The van der Waals surface area contributed by atoms with Crippen molar-refractivity contribution in [3.05, 3.63) is 29.8 Å². The van der Waals surface area contributed by atoms with E-state index in [1.807, 2.05) is 24.3 Å². The molecule has 3 amide bonds. The van der Waals surface area contributed by atoms with Gasteiger partial charge in [-0.1, -0.05) is 18.2 Å². The molecule has 0 saturated carbocycles. The third kappa shape index (κ3) is 2.37. The number of hydrogen-bond acceptors (Lipinski definition) is 4. The van der Waals surface area contributed by atoms with Crippen molar-refractivity contribution in [3.63, 3.8) is 0 Å². The Hall–Kier alpha value is -2.37. The second-order valence-corrected chi connectivity index (χ2v) is 5.41. The van der Waals surface area contributed by atoms with E-state index in [4.69, 9.17) is 0 Å². The number of imide groups is 1. The Morgan fingerprint density at radius 3 is 2.86 bits per heavy atom. The summed E-state index contributed by atoms with van der Waals surface area (Å²) in [6.45, 7) is 2.29. The summed E-state index contributed by atoms with van der Waals surface area (Å²) < 4.78 is 0. The number of nitrogens with one attached hydrogen (secondary N) is 2. The maximum atomic E-state index is 12.8. The van der Waals surface area contributed by atoms with Crippen molar-refractivity contribution >= 4 is 23.4 Å². The fraction of sp³-hybridized carbons (Fsp3) is 0.400. The van der Waals surface area contributed by atoms with Crippen LogP contribution in [0, 0.1) is 0 Å². The van der Waals surface area contributed by atoms with Crippen LogP contribution in [0.25, 0.3) is 0 Å². The van der Waals surface area contributed by atoms with E-state index in [0.717, 1.165) is 11.3 Å². The molecule has 0 aliphatic carbocycles. The third-order valence-electron chi connectivity index (χ3n) is 4.09. The van der Waals surface area contributed by atoms with Crippen LogP contribution in [0.1, 0.15) is 24.8 Å². The van der Waals surface area contributed by atoms with Gasteiger partial charge in [0.1, 0.15) is 12.6 Å². The molecule has 110 valence electrons. The van der Waals surface area contributed by atoms with E-state index in [9.17, 15) is 14.4 Å². The molecule has 2 heterocycles. The predicted molar refractivity (Wildman–Crippen MR) is 76.6 cm³/mol. The molecule has 6 nitrogen and oxygen atoms in total. The monoisotopic (exact) mass is 287 g/mol.